The Labute approximate surface area is 166 Å². The van der Waals surface area contributed by atoms with Crippen LogP contribution in [0.25, 0.3) is 11.3 Å². The van der Waals surface area contributed by atoms with Gasteiger partial charge in [-0.25, -0.2) is 9.07 Å². The zero-order chi connectivity index (χ0) is 20.1. The Morgan fingerprint density at radius 2 is 1.79 bits per heavy atom. The lowest BCUT2D eigenvalue weighted by molar-refractivity contribution is -0.124. The van der Waals surface area contributed by atoms with Crippen LogP contribution in [0.5, 0.6) is 0 Å². The van der Waals surface area contributed by atoms with E-state index in [2.05, 4.69) is 10.4 Å². The first-order chi connectivity index (χ1) is 13.4. The summed E-state index contributed by atoms with van der Waals surface area (Å²) in [6, 6.07) is 15.3. The summed E-state index contributed by atoms with van der Waals surface area (Å²) in [5.74, 6) is -0.662. The summed E-state index contributed by atoms with van der Waals surface area (Å²) in [4.78, 5) is 24.6. The second-order valence-electron chi connectivity index (χ2n) is 6.35. The van der Waals surface area contributed by atoms with E-state index in [0.29, 0.717) is 29.2 Å². The van der Waals surface area contributed by atoms with Crippen molar-refractivity contribution >= 4 is 17.5 Å². The normalized spacial score (nSPS) is 11.8. The summed E-state index contributed by atoms with van der Waals surface area (Å²) in [7, 11) is 0. The second kappa shape index (κ2) is 8.80. The molecule has 0 saturated carbocycles. The molecule has 0 aliphatic carbocycles. The van der Waals surface area contributed by atoms with E-state index in [4.69, 9.17) is 11.6 Å². The maximum absolute atomic E-state index is 13.1. The molecule has 1 amide bonds. The highest BCUT2D eigenvalue weighted by molar-refractivity contribution is 6.30. The minimum Gasteiger partial charge on any atom is -0.354 e. The topological polar surface area (TPSA) is 64.0 Å². The van der Waals surface area contributed by atoms with E-state index in [-0.39, 0.29) is 17.3 Å². The zero-order valence-electron chi connectivity index (χ0n) is 15.2. The van der Waals surface area contributed by atoms with E-state index < -0.39 is 6.04 Å². The molecule has 1 unspecified atom stereocenters. The van der Waals surface area contributed by atoms with E-state index in [1.165, 1.54) is 18.2 Å². The number of nitrogens with zero attached hydrogens (tertiary/aromatic N) is 2. The summed E-state index contributed by atoms with van der Waals surface area (Å²) in [6.07, 6.45) is 0.646. The van der Waals surface area contributed by atoms with Crippen LogP contribution in [0.2, 0.25) is 5.02 Å². The highest BCUT2D eigenvalue weighted by Crippen LogP contribution is 2.16. The third-order valence-electron chi connectivity index (χ3n) is 4.34. The largest absolute Gasteiger partial charge is 0.354 e. The van der Waals surface area contributed by atoms with Gasteiger partial charge in [0.05, 0.1) is 5.69 Å². The van der Waals surface area contributed by atoms with Crippen molar-refractivity contribution in [3.63, 3.8) is 0 Å². The van der Waals surface area contributed by atoms with E-state index in [1.54, 1.807) is 37.3 Å². The first-order valence-electron chi connectivity index (χ1n) is 8.82. The number of aromatic nitrogens is 2. The molecule has 1 aromatic heterocycles. The highest BCUT2D eigenvalue weighted by Gasteiger charge is 2.17. The number of hydrogen-bond donors (Lipinski definition) is 1. The molecule has 0 aliphatic heterocycles. The molecule has 1 heterocycles. The van der Waals surface area contributed by atoms with Gasteiger partial charge in [-0.2, -0.15) is 5.10 Å². The van der Waals surface area contributed by atoms with Gasteiger partial charge in [0, 0.05) is 23.2 Å². The fraction of sp³-hybridized carbons (Fsp3) is 0.190. The van der Waals surface area contributed by atoms with E-state index in [1.807, 2.05) is 12.1 Å². The minimum atomic E-state index is -0.780. The number of hydrogen-bond acceptors (Lipinski definition) is 3. The lowest BCUT2D eigenvalue weighted by Crippen LogP contribution is -2.37. The summed E-state index contributed by atoms with van der Waals surface area (Å²) >= 11 is 5.86. The molecule has 0 radical (unpaired) electrons. The van der Waals surface area contributed by atoms with Crippen molar-refractivity contribution in [3.05, 3.63) is 87.4 Å². The Bertz CT molecular complexity index is 1020. The molecule has 5 nitrogen and oxygen atoms in total. The third kappa shape index (κ3) is 4.84. The first-order valence-corrected chi connectivity index (χ1v) is 9.20. The van der Waals surface area contributed by atoms with Crippen molar-refractivity contribution in [1.82, 2.24) is 15.1 Å². The smallest absolute Gasteiger partial charge is 0.267 e. The Hall–Kier alpha value is -2.99. The van der Waals surface area contributed by atoms with E-state index in [9.17, 15) is 14.0 Å². The van der Waals surface area contributed by atoms with Gasteiger partial charge >= 0.3 is 0 Å². The maximum Gasteiger partial charge on any atom is 0.267 e. The molecule has 2 aromatic carbocycles. The maximum atomic E-state index is 13.1. The van der Waals surface area contributed by atoms with Gasteiger partial charge in [-0.05, 0) is 61.4 Å². The number of amides is 1. The zero-order valence-corrected chi connectivity index (χ0v) is 16.0. The molecule has 3 aromatic rings. The van der Waals surface area contributed by atoms with Crippen LogP contribution in [0.1, 0.15) is 18.5 Å². The van der Waals surface area contributed by atoms with Crippen LogP contribution >= 0.6 is 11.6 Å². The van der Waals surface area contributed by atoms with Gasteiger partial charge in [0.1, 0.15) is 11.9 Å². The summed E-state index contributed by atoms with van der Waals surface area (Å²) in [5, 5.41) is 7.75. The predicted octanol–water partition coefficient (Wildman–Crippen LogP) is 3.62. The van der Waals surface area contributed by atoms with Gasteiger partial charge in [-0.15, -0.1) is 0 Å². The van der Waals surface area contributed by atoms with Crippen LogP contribution in [-0.2, 0) is 11.2 Å². The second-order valence-corrected chi connectivity index (χ2v) is 6.79. The SMILES string of the molecule is CC(C(=O)NCCc1ccc(Cl)cc1)n1nc(-c2ccc(F)cc2)ccc1=O. The molecule has 0 spiro atoms. The van der Waals surface area contributed by atoms with Gasteiger partial charge < -0.3 is 5.32 Å². The molecular formula is C21H19ClFN3O2. The Kier molecular flexibility index (Phi) is 6.21. The molecule has 1 N–H and O–H groups in total. The van der Waals surface area contributed by atoms with Crippen molar-refractivity contribution in [1.29, 1.82) is 0 Å². The first kappa shape index (κ1) is 19.8. The standard InChI is InChI=1S/C21H19ClFN3O2/c1-14(21(28)24-13-12-15-2-6-17(22)7-3-15)26-20(27)11-10-19(25-26)16-4-8-18(23)9-5-16/h2-11,14H,12-13H2,1H3,(H,24,28). The summed E-state index contributed by atoms with van der Waals surface area (Å²) in [5.41, 5.74) is 1.81. The van der Waals surface area contributed by atoms with Crippen LogP contribution in [0, 0.1) is 5.82 Å². The van der Waals surface area contributed by atoms with Crippen LogP contribution in [0.15, 0.2) is 65.5 Å². The molecule has 0 fully saturated rings. The van der Waals surface area contributed by atoms with Crippen molar-refractivity contribution in [2.24, 2.45) is 0 Å². The van der Waals surface area contributed by atoms with E-state index in [0.717, 1.165) is 10.2 Å². The lowest BCUT2D eigenvalue weighted by atomic mass is 10.1. The molecule has 0 saturated heterocycles. The number of benzene rings is 2. The number of nitrogens with one attached hydrogen (secondary N) is 1. The molecule has 144 valence electrons. The Morgan fingerprint density at radius 3 is 2.46 bits per heavy atom. The van der Waals surface area contributed by atoms with Crippen molar-refractivity contribution in [2.75, 3.05) is 6.54 Å². The Morgan fingerprint density at radius 1 is 1.11 bits per heavy atom. The van der Waals surface area contributed by atoms with E-state index >= 15 is 0 Å². The molecule has 28 heavy (non-hydrogen) atoms. The molecule has 7 heteroatoms. The number of halogens is 2. The molecule has 1 atom stereocenters. The average Bonchev–Trinajstić information content (AvgIpc) is 2.70. The highest BCUT2D eigenvalue weighted by atomic mass is 35.5. The number of carbonyl (C=O) groups excluding carboxylic acids is 1. The molecule has 0 bridgehead atoms. The molecular weight excluding hydrogens is 381 g/mol. The summed E-state index contributed by atoms with van der Waals surface area (Å²) in [6.45, 7) is 2.04. The van der Waals surface area contributed by atoms with Crippen molar-refractivity contribution in [3.8, 4) is 11.3 Å². The number of carbonyl (C=O) groups is 1. The van der Waals surface area contributed by atoms with Gasteiger partial charge in [0.25, 0.3) is 5.56 Å². The average molecular weight is 400 g/mol. The molecule has 3 rings (SSSR count). The van der Waals surface area contributed by atoms with Crippen LogP contribution in [-0.4, -0.2) is 22.2 Å². The summed E-state index contributed by atoms with van der Waals surface area (Å²) < 4.78 is 14.2. The third-order valence-corrected chi connectivity index (χ3v) is 4.59. The van der Waals surface area contributed by atoms with Crippen molar-refractivity contribution in [2.45, 2.75) is 19.4 Å². The van der Waals surface area contributed by atoms with Gasteiger partial charge in [0.15, 0.2) is 0 Å². The predicted molar refractivity (Wildman–Crippen MR) is 107 cm³/mol. The lowest BCUT2D eigenvalue weighted by Gasteiger charge is -2.15. The van der Waals surface area contributed by atoms with Crippen LogP contribution in [0.4, 0.5) is 4.39 Å². The monoisotopic (exact) mass is 399 g/mol. The van der Waals surface area contributed by atoms with Crippen LogP contribution < -0.4 is 10.9 Å². The quantitative estimate of drug-likeness (QED) is 0.688. The van der Waals surface area contributed by atoms with Gasteiger partial charge in [0.2, 0.25) is 5.91 Å². The van der Waals surface area contributed by atoms with Gasteiger partial charge in [-0.1, -0.05) is 23.7 Å². The fourth-order valence-corrected chi connectivity index (χ4v) is 2.84. The molecule has 0 aliphatic rings. The Balaban J connectivity index is 1.68. The minimum absolute atomic E-state index is 0.306. The fourth-order valence-electron chi connectivity index (χ4n) is 2.72. The van der Waals surface area contributed by atoms with Crippen molar-refractivity contribution < 1.29 is 9.18 Å². The number of rotatable bonds is 6. The van der Waals surface area contributed by atoms with Gasteiger partial charge in [-0.3, -0.25) is 9.59 Å². The van der Waals surface area contributed by atoms with Crippen LogP contribution in [0.3, 0.4) is 0 Å².